The third-order valence-corrected chi connectivity index (χ3v) is 4.44. The quantitative estimate of drug-likeness (QED) is 0.531. The average molecular weight is 445 g/mol. The van der Waals surface area contributed by atoms with Gasteiger partial charge in [0.1, 0.15) is 7.05 Å². The highest BCUT2D eigenvalue weighted by Gasteiger charge is 2.46. The number of rotatable bonds is 1. The molecule has 1 N–H and O–H groups in total. The first-order valence-electron chi connectivity index (χ1n) is 8.50. The molecular weight excluding hydrogens is 414 g/mol. The summed E-state index contributed by atoms with van der Waals surface area (Å²) in [7, 11) is -4.57. The second-order valence-corrected chi connectivity index (χ2v) is 9.22. The van der Waals surface area contributed by atoms with Crippen LogP contribution in [0.4, 0.5) is 5.69 Å². The summed E-state index contributed by atoms with van der Waals surface area (Å²) >= 11 is 0. The zero-order valence-electron chi connectivity index (χ0n) is 16.8. The van der Waals surface area contributed by atoms with Crippen LogP contribution in [0.1, 0.15) is 40.7 Å². The molecule has 1 aliphatic rings. The maximum Gasteiger partial charge on any atom is 0.425 e. The Bertz CT molecular complexity index is 1100. The van der Waals surface area contributed by atoms with Crippen molar-refractivity contribution in [2.45, 2.75) is 40.5 Å². The molecule has 0 fully saturated rings. The molecule has 29 heavy (non-hydrogen) atoms. The normalized spacial score (nSPS) is 14.2. The third-order valence-electron chi connectivity index (χ3n) is 4.44. The Labute approximate surface area is 174 Å². The summed E-state index contributed by atoms with van der Waals surface area (Å²) in [6, 6.07) is 13.2. The predicted molar refractivity (Wildman–Crippen MR) is 117 cm³/mol. The molecule has 0 bridgehead atoms. The van der Waals surface area contributed by atoms with Crippen molar-refractivity contribution >= 4 is 42.9 Å². The van der Waals surface area contributed by atoms with Crippen molar-refractivity contribution in [2.24, 2.45) is 5.92 Å². The highest BCUT2D eigenvalue weighted by atomic mass is 32.2. The van der Waals surface area contributed by atoms with Crippen LogP contribution in [-0.4, -0.2) is 49.2 Å². The molecule has 0 radical (unpaired) electrons. The minimum Gasteiger partial charge on any atom is -0.286 e. The minimum atomic E-state index is -3.67. The van der Waals surface area contributed by atoms with E-state index < -0.39 is 20.7 Å². The van der Waals surface area contributed by atoms with Crippen molar-refractivity contribution in [1.29, 1.82) is 0 Å². The van der Waals surface area contributed by atoms with E-state index in [2.05, 4.69) is 75.7 Å². The van der Waals surface area contributed by atoms with Gasteiger partial charge in [0.05, 0.1) is 11.7 Å². The van der Waals surface area contributed by atoms with Crippen LogP contribution in [0.5, 0.6) is 0 Å². The molecule has 0 aliphatic carbocycles. The second-order valence-electron chi connectivity index (χ2n) is 7.34. The lowest BCUT2D eigenvalue weighted by molar-refractivity contribution is -0.405. The van der Waals surface area contributed by atoms with Gasteiger partial charge >= 0.3 is 10.6 Å². The lowest BCUT2D eigenvalue weighted by Crippen LogP contribution is -2.32. The molecule has 9 heteroatoms. The molecule has 0 saturated heterocycles. The topological polar surface area (TPSA) is 109 Å². The number of nitrogens with zero attached hydrogens (tertiary/aromatic N) is 1. The largest absolute Gasteiger partial charge is 0.425 e. The standard InChI is InChI=1S/C18H22N.CH4O3S.CH4.O3S/c1-12(2)17-18(3,4)16-14-9-7-6-8-13(14)10-11-15(16)19(17)5;1-5(2,3)4;;1-4(2)3/h6-12H,1-5H3;1H3,(H,2,3,4);1H4;/q+1;;;. The van der Waals surface area contributed by atoms with Gasteiger partial charge in [-0.1, -0.05) is 45.5 Å². The minimum absolute atomic E-state index is 0. The van der Waals surface area contributed by atoms with Crippen LogP contribution in [0.25, 0.3) is 10.8 Å². The Morgan fingerprint density at radius 2 is 1.48 bits per heavy atom. The van der Waals surface area contributed by atoms with Gasteiger partial charge < -0.3 is 0 Å². The Morgan fingerprint density at radius 1 is 1.03 bits per heavy atom. The van der Waals surface area contributed by atoms with E-state index in [1.807, 2.05) is 0 Å². The summed E-state index contributed by atoms with van der Waals surface area (Å²) in [6.07, 6.45) is 0.715. The van der Waals surface area contributed by atoms with E-state index in [0.717, 1.165) is 0 Å². The van der Waals surface area contributed by atoms with Crippen molar-refractivity contribution in [1.82, 2.24) is 0 Å². The molecule has 0 spiro atoms. The first-order chi connectivity index (χ1) is 12.7. The van der Waals surface area contributed by atoms with Gasteiger partial charge in [0.2, 0.25) is 5.69 Å². The monoisotopic (exact) mass is 444 g/mol. The molecule has 7 nitrogen and oxygen atoms in total. The second kappa shape index (κ2) is 10.1. The van der Waals surface area contributed by atoms with E-state index in [9.17, 15) is 8.42 Å². The van der Waals surface area contributed by atoms with Gasteiger partial charge in [0, 0.05) is 17.5 Å². The van der Waals surface area contributed by atoms with Gasteiger partial charge in [0.15, 0.2) is 5.71 Å². The van der Waals surface area contributed by atoms with Gasteiger partial charge in [0.25, 0.3) is 10.1 Å². The molecule has 3 rings (SSSR count). The molecule has 2 aromatic rings. The molecule has 0 unspecified atom stereocenters. The molecule has 2 aromatic carbocycles. The lowest BCUT2D eigenvalue weighted by atomic mass is 9.76. The fraction of sp³-hybridized carbons (Fsp3) is 0.450. The molecule has 0 aromatic heterocycles. The molecule has 0 atom stereocenters. The smallest absolute Gasteiger partial charge is 0.286 e. The number of benzene rings is 2. The van der Waals surface area contributed by atoms with Crippen molar-refractivity contribution in [3.05, 3.63) is 42.0 Å². The average Bonchev–Trinajstić information content (AvgIpc) is 2.71. The first-order valence-corrected chi connectivity index (χ1v) is 11.3. The van der Waals surface area contributed by atoms with E-state index in [1.165, 1.54) is 27.7 Å². The molecule has 0 saturated carbocycles. The van der Waals surface area contributed by atoms with E-state index in [1.54, 1.807) is 0 Å². The molecule has 162 valence electrons. The summed E-state index contributed by atoms with van der Waals surface area (Å²) in [4.78, 5) is 0. The number of hydrogen-bond donors (Lipinski definition) is 1. The van der Waals surface area contributed by atoms with Gasteiger partial charge in [-0.05, 0) is 30.7 Å². The van der Waals surface area contributed by atoms with Gasteiger partial charge in [-0.3, -0.25) is 4.55 Å². The van der Waals surface area contributed by atoms with Gasteiger partial charge in [-0.15, -0.1) is 12.6 Å². The van der Waals surface area contributed by atoms with Crippen LogP contribution in [0.2, 0.25) is 0 Å². The van der Waals surface area contributed by atoms with E-state index in [-0.39, 0.29) is 12.8 Å². The van der Waals surface area contributed by atoms with Gasteiger partial charge in [-0.25, -0.2) is 4.58 Å². The van der Waals surface area contributed by atoms with E-state index >= 15 is 0 Å². The summed E-state index contributed by atoms with van der Waals surface area (Å²) in [5.74, 6) is 0.561. The van der Waals surface area contributed by atoms with Crippen LogP contribution < -0.4 is 0 Å². The highest BCUT2D eigenvalue weighted by molar-refractivity contribution is 7.85. The summed E-state index contributed by atoms with van der Waals surface area (Å²) in [5, 5.41) is 2.74. The first kappa shape index (κ1) is 26.9. The van der Waals surface area contributed by atoms with Crippen molar-refractivity contribution < 1.29 is 30.2 Å². The Kier molecular flexibility index (Phi) is 9.36. The van der Waals surface area contributed by atoms with Crippen molar-refractivity contribution in [3.8, 4) is 0 Å². The van der Waals surface area contributed by atoms with Gasteiger partial charge in [-0.2, -0.15) is 8.42 Å². The summed E-state index contributed by atoms with van der Waals surface area (Å²) < 4.78 is 53.6. The molecular formula is C20H30NO6S2+. The Hall–Kier alpha value is -2.10. The molecule has 1 aliphatic heterocycles. The number of hydrogen-bond acceptors (Lipinski definition) is 5. The fourth-order valence-corrected chi connectivity index (χ4v) is 3.98. The Balaban J connectivity index is 0.000000668. The van der Waals surface area contributed by atoms with Crippen LogP contribution in [0.15, 0.2) is 36.4 Å². The van der Waals surface area contributed by atoms with Crippen LogP contribution >= 0.6 is 0 Å². The maximum atomic E-state index is 9.19. The van der Waals surface area contributed by atoms with Crippen LogP contribution in [-0.2, 0) is 26.1 Å². The third kappa shape index (κ3) is 7.02. The maximum absolute atomic E-state index is 9.19. The zero-order chi connectivity index (χ0) is 21.9. The SMILES string of the molecule is C.CC(C)C1=[N+](C)c2ccc3ccccc3c2C1(C)C.CS(=O)(=O)O.O=S(=O)=O. The van der Waals surface area contributed by atoms with E-state index in [0.29, 0.717) is 12.2 Å². The predicted octanol–water partition coefficient (Wildman–Crippen LogP) is 3.64. The lowest BCUT2D eigenvalue weighted by Gasteiger charge is -2.21. The van der Waals surface area contributed by atoms with Crippen molar-refractivity contribution in [2.75, 3.05) is 13.3 Å². The highest BCUT2D eigenvalue weighted by Crippen LogP contribution is 2.44. The van der Waals surface area contributed by atoms with Crippen LogP contribution in [0, 0.1) is 5.92 Å². The van der Waals surface area contributed by atoms with Crippen molar-refractivity contribution in [3.63, 3.8) is 0 Å². The zero-order valence-corrected chi connectivity index (χ0v) is 18.4. The fourth-order valence-electron chi connectivity index (χ4n) is 3.98. The van der Waals surface area contributed by atoms with E-state index in [4.69, 9.17) is 17.2 Å². The molecule has 0 amide bonds. The summed E-state index contributed by atoms with van der Waals surface area (Å²) in [6.45, 7) is 9.30. The van der Waals surface area contributed by atoms with Crippen LogP contribution in [0.3, 0.4) is 0 Å². The molecule has 1 heterocycles. The summed E-state index contributed by atoms with van der Waals surface area (Å²) in [5.41, 5.74) is 4.47. The number of fused-ring (bicyclic) bond motifs is 3. The Morgan fingerprint density at radius 3 is 1.93 bits per heavy atom.